The van der Waals surface area contributed by atoms with Crippen LogP contribution < -0.4 is 0 Å². The summed E-state index contributed by atoms with van der Waals surface area (Å²) in [6.45, 7) is 0. The van der Waals surface area contributed by atoms with Gasteiger partial charge in [0.2, 0.25) is 0 Å². The summed E-state index contributed by atoms with van der Waals surface area (Å²) in [5.41, 5.74) is 12.8. The average Bonchev–Trinajstić information content (AvgIpc) is 3.71. The van der Waals surface area contributed by atoms with Crippen molar-refractivity contribution < 1.29 is 4.42 Å². The molecule has 0 radical (unpaired) electrons. The van der Waals surface area contributed by atoms with Crippen LogP contribution >= 0.6 is 0 Å². The van der Waals surface area contributed by atoms with Crippen LogP contribution in [-0.4, -0.2) is 9.55 Å². The van der Waals surface area contributed by atoms with Crippen LogP contribution in [0.1, 0.15) is 0 Å². The van der Waals surface area contributed by atoms with Gasteiger partial charge in [-0.1, -0.05) is 133 Å². The lowest BCUT2D eigenvalue weighted by atomic mass is 9.94. The first-order valence-electron chi connectivity index (χ1n) is 16.3. The molecule has 224 valence electrons. The van der Waals surface area contributed by atoms with E-state index in [1.807, 2.05) is 6.07 Å². The molecule has 7 aromatic carbocycles. The van der Waals surface area contributed by atoms with Gasteiger partial charge < -0.3 is 8.98 Å². The van der Waals surface area contributed by atoms with Crippen LogP contribution in [0.5, 0.6) is 0 Å². The summed E-state index contributed by atoms with van der Waals surface area (Å²) in [6, 6.07) is 60.0. The average molecular weight is 613 g/mol. The molecule has 0 amide bonds. The maximum Gasteiger partial charge on any atom is 0.159 e. The van der Waals surface area contributed by atoms with Crippen LogP contribution in [0.2, 0.25) is 0 Å². The van der Waals surface area contributed by atoms with Crippen LogP contribution in [0.25, 0.3) is 93.8 Å². The molecule has 3 aromatic heterocycles. The number of aromatic nitrogens is 2. The van der Waals surface area contributed by atoms with E-state index in [9.17, 15) is 0 Å². The smallest absolute Gasteiger partial charge is 0.159 e. The minimum Gasteiger partial charge on any atom is -0.454 e. The Bertz CT molecular complexity index is 2830. The van der Waals surface area contributed by atoms with Gasteiger partial charge >= 0.3 is 0 Å². The van der Waals surface area contributed by atoms with Crippen molar-refractivity contribution in [2.75, 3.05) is 0 Å². The molecule has 10 rings (SSSR count). The molecule has 0 aliphatic rings. The lowest BCUT2D eigenvalue weighted by molar-refractivity contribution is 0.666. The fraction of sp³-hybridized carbons (Fsp3) is 0. The van der Waals surface area contributed by atoms with Gasteiger partial charge in [0.15, 0.2) is 5.58 Å². The number of furan rings is 1. The predicted molar refractivity (Wildman–Crippen MR) is 200 cm³/mol. The first-order valence-corrected chi connectivity index (χ1v) is 16.3. The molecule has 0 spiro atoms. The molecular weight excluding hydrogens is 585 g/mol. The minimum atomic E-state index is 0.864. The van der Waals surface area contributed by atoms with Gasteiger partial charge in [0.05, 0.1) is 27.9 Å². The first kappa shape index (κ1) is 26.7. The summed E-state index contributed by atoms with van der Waals surface area (Å²) < 4.78 is 9.24. The fourth-order valence-corrected chi connectivity index (χ4v) is 7.53. The lowest BCUT2D eigenvalue weighted by Gasteiger charge is -2.12. The molecule has 0 fully saturated rings. The van der Waals surface area contributed by atoms with Gasteiger partial charge in [-0.15, -0.1) is 0 Å². The number of pyridine rings is 1. The van der Waals surface area contributed by atoms with Gasteiger partial charge in [-0.2, -0.15) is 0 Å². The van der Waals surface area contributed by atoms with E-state index >= 15 is 0 Å². The third-order valence-electron chi connectivity index (χ3n) is 9.60. The van der Waals surface area contributed by atoms with Crippen molar-refractivity contribution in [2.24, 2.45) is 0 Å². The van der Waals surface area contributed by atoms with Crippen molar-refractivity contribution in [3.8, 4) is 39.2 Å². The molecule has 0 unspecified atom stereocenters. The van der Waals surface area contributed by atoms with Crippen molar-refractivity contribution in [3.05, 3.63) is 170 Å². The Morgan fingerprint density at radius 1 is 0.438 bits per heavy atom. The second-order valence-electron chi connectivity index (χ2n) is 12.3. The summed E-state index contributed by atoms with van der Waals surface area (Å²) in [4.78, 5) is 5.07. The molecule has 0 aliphatic carbocycles. The molecule has 3 nitrogen and oxygen atoms in total. The fourth-order valence-electron chi connectivity index (χ4n) is 7.53. The van der Waals surface area contributed by atoms with E-state index < -0.39 is 0 Å². The Balaban J connectivity index is 1.27. The zero-order valence-electron chi connectivity index (χ0n) is 26.0. The van der Waals surface area contributed by atoms with Gasteiger partial charge in [-0.25, -0.2) is 4.98 Å². The summed E-state index contributed by atoms with van der Waals surface area (Å²) in [5.74, 6) is 0. The van der Waals surface area contributed by atoms with Gasteiger partial charge in [0.1, 0.15) is 5.58 Å². The maximum absolute atomic E-state index is 6.87. The van der Waals surface area contributed by atoms with Crippen molar-refractivity contribution in [1.29, 1.82) is 0 Å². The Hall–Kier alpha value is -6.45. The Morgan fingerprint density at radius 2 is 1.08 bits per heavy atom. The molecule has 3 heteroatoms. The topological polar surface area (TPSA) is 31.0 Å². The normalized spacial score (nSPS) is 11.8. The zero-order chi connectivity index (χ0) is 31.6. The van der Waals surface area contributed by atoms with E-state index in [2.05, 4.69) is 168 Å². The van der Waals surface area contributed by atoms with Crippen molar-refractivity contribution in [1.82, 2.24) is 9.55 Å². The highest BCUT2D eigenvalue weighted by molar-refractivity contribution is 6.19. The number of hydrogen-bond acceptors (Lipinski definition) is 2. The summed E-state index contributed by atoms with van der Waals surface area (Å²) >= 11 is 0. The summed E-state index contributed by atoms with van der Waals surface area (Å²) in [7, 11) is 0. The van der Waals surface area contributed by atoms with Crippen LogP contribution in [0.4, 0.5) is 0 Å². The first-order chi connectivity index (χ1) is 23.8. The number of hydrogen-bond donors (Lipinski definition) is 0. The Kier molecular flexibility index (Phi) is 5.87. The number of para-hydroxylation sites is 3. The number of fused-ring (bicyclic) bond motifs is 7. The molecule has 10 aromatic rings. The minimum absolute atomic E-state index is 0.864. The standard InChI is InChI=1S/C45H28N2O/c1-3-14-29(15-4-1)31-20-11-25-40-43(31)34-19-8-10-24-39(34)47(40)41-26-12-22-35-44-33(21-13-27-42(44)48-45(35)41)36-28-38(30-16-5-2-6-17-30)46-37-23-9-7-18-32(36)37/h1-28H. The number of rotatable bonds is 4. The van der Waals surface area contributed by atoms with Crippen molar-refractivity contribution >= 4 is 54.6 Å². The maximum atomic E-state index is 6.87. The summed E-state index contributed by atoms with van der Waals surface area (Å²) in [5, 5.41) is 5.77. The highest BCUT2D eigenvalue weighted by Crippen LogP contribution is 2.44. The molecule has 0 bridgehead atoms. The van der Waals surface area contributed by atoms with Gasteiger partial charge in [0, 0.05) is 32.5 Å². The van der Waals surface area contributed by atoms with Crippen molar-refractivity contribution in [2.45, 2.75) is 0 Å². The van der Waals surface area contributed by atoms with E-state index in [4.69, 9.17) is 9.40 Å². The van der Waals surface area contributed by atoms with E-state index in [-0.39, 0.29) is 0 Å². The van der Waals surface area contributed by atoms with Gasteiger partial charge in [-0.05, 0) is 58.7 Å². The third kappa shape index (κ3) is 3.98. The second-order valence-corrected chi connectivity index (χ2v) is 12.3. The van der Waals surface area contributed by atoms with Crippen LogP contribution in [0.3, 0.4) is 0 Å². The van der Waals surface area contributed by atoms with E-state index in [0.717, 1.165) is 71.9 Å². The summed E-state index contributed by atoms with van der Waals surface area (Å²) in [6.07, 6.45) is 0. The van der Waals surface area contributed by atoms with Gasteiger partial charge in [0.25, 0.3) is 0 Å². The van der Waals surface area contributed by atoms with E-state index in [0.29, 0.717) is 0 Å². The van der Waals surface area contributed by atoms with Gasteiger partial charge in [-0.3, -0.25) is 0 Å². The quantitative estimate of drug-likeness (QED) is 0.198. The second kappa shape index (κ2) is 10.5. The van der Waals surface area contributed by atoms with E-state index in [1.165, 1.54) is 21.9 Å². The van der Waals surface area contributed by atoms with Crippen LogP contribution in [0, 0.1) is 0 Å². The molecular formula is C45H28N2O. The predicted octanol–water partition coefficient (Wildman–Crippen LogP) is 12.2. The highest BCUT2D eigenvalue weighted by Gasteiger charge is 2.21. The molecule has 48 heavy (non-hydrogen) atoms. The molecule has 0 saturated carbocycles. The molecule has 0 saturated heterocycles. The molecule has 3 heterocycles. The third-order valence-corrected chi connectivity index (χ3v) is 9.60. The van der Waals surface area contributed by atoms with E-state index in [1.54, 1.807) is 0 Å². The zero-order valence-corrected chi connectivity index (χ0v) is 26.0. The molecule has 0 N–H and O–H groups in total. The Morgan fingerprint density at radius 3 is 1.94 bits per heavy atom. The van der Waals surface area contributed by atoms with Crippen molar-refractivity contribution in [3.63, 3.8) is 0 Å². The number of benzene rings is 7. The highest BCUT2D eigenvalue weighted by atomic mass is 16.3. The molecule has 0 atom stereocenters. The van der Waals surface area contributed by atoms with Crippen LogP contribution in [-0.2, 0) is 0 Å². The molecule has 0 aliphatic heterocycles. The lowest BCUT2D eigenvalue weighted by Crippen LogP contribution is -1.94. The Labute approximate surface area is 277 Å². The monoisotopic (exact) mass is 612 g/mol. The number of nitrogens with zero attached hydrogens (tertiary/aromatic N) is 2. The SMILES string of the molecule is c1ccc(-c2cc(-c3cccc4oc5c(-n6c7ccccc7c7c(-c8ccccc8)cccc76)cccc5c34)c3ccccc3n2)cc1. The largest absolute Gasteiger partial charge is 0.454 e. The van der Waals surface area contributed by atoms with Crippen LogP contribution in [0.15, 0.2) is 174 Å².